The highest BCUT2D eigenvalue weighted by molar-refractivity contribution is 6.32. The molecular formula is C15H17ClF3NO3. The Morgan fingerprint density at radius 2 is 2.04 bits per heavy atom. The molecular weight excluding hydrogens is 335 g/mol. The Morgan fingerprint density at radius 3 is 2.57 bits per heavy atom. The second-order valence-corrected chi connectivity index (χ2v) is 5.27. The van der Waals surface area contributed by atoms with E-state index in [9.17, 15) is 18.0 Å². The van der Waals surface area contributed by atoms with Crippen molar-refractivity contribution in [1.82, 2.24) is 5.32 Å². The number of carbonyl (C=O) groups excluding carboxylic acids is 1. The number of methoxy groups -OCH3 is 1. The van der Waals surface area contributed by atoms with Crippen LogP contribution in [-0.2, 0) is 4.79 Å². The highest BCUT2D eigenvalue weighted by Gasteiger charge is 2.27. The van der Waals surface area contributed by atoms with E-state index in [0.717, 1.165) is 6.08 Å². The first-order valence-corrected chi connectivity index (χ1v) is 7.07. The van der Waals surface area contributed by atoms with Crippen LogP contribution in [0.15, 0.2) is 18.2 Å². The van der Waals surface area contributed by atoms with E-state index in [1.807, 2.05) is 13.8 Å². The fourth-order valence-electron chi connectivity index (χ4n) is 1.60. The van der Waals surface area contributed by atoms with Crippen molar-refractivity contribution < 1.29 is 27.4 Å². The Hall–Kier alpha value is -1.89. The second-order valence-electron chi connectivity index (χ2n) is 4.87. The van der Waals surface area contributed by atoms with Crippen LogP contribution in [0.1, 0.15) is 19.4 Å². The molecule has 0 unspecified atom stereocenters. The van der Waals surface area contributed by atoms with Crippen molar-refractivity contribution in [3.05, 3.63) is 28.8 Å². The van der Waals surface area contributed by atoms with Gasteiger partial charge in [0, 0.05) is 6.08 Å². The van der Waals surface area contributed by atoms with Gasteiger partial charge in [0.05, 0.1) is 18.2 Å². The predicted molar refractivity (Wildman–Crippen MR) is 81.9 cm³/mol. The Labute approximate surface area is 137 Å². The fourth-order valence-corrected chi connectivity index (χ4v) is 1.87. The van der Waals surface area contributed by atoms with Gasteiger partial charge >= 0.3 is 6.18 Å². The van der Waals surface area contributed by atoms with Gasteiger partial charge in [-0.15, -0.1) is 0 Å². The summed E-state index contributed by atoms with van der Waals surface area (Å²) in [6.07, 6.45) is -2.25. The maximum Gasteiger partial charge on any atom is 0.405 e. The summed E-state index contributed by atoms with van der Waals surface area (Å²) in [7, 11) is 1.43. The third-order valence-corrected chi connectivity index (χ3v) is 2.78. The van der Waals surface area contributed by atoms with Crippen LogP contribution in [0.25, 0.3) is 6.08 Å². The molecule has 1 rings (SSSR count). The highest BCUT2D eigenvalue weighted by atomic mass is 35.5. The molecule has 4 nitrogen and oxygen atoms in total. The fraction of sp³-hybridized carbons (Fsp3) is 0.400. The van der Waals surface area contributed by atoms with Gasteiger partial charge in [0.1, 0.15) is 6.54 Å². The monoisotopic (exact) mass is 351 g/mol. The van der Waals surface area contributed by atoms with Crippen LogP contribution in [-0.4, -0.2) is 31.8 Å². The summed E-state index contributed by atoms with van der Waals surface area (Å²) in [6, 6.07) is 3.09. The number of halogens is 4. The summed E-state index contributed by atoms with van der Waals surface area (Å²) < 4.78 is 46.7. The minimum Gasteiger partial charge on any atom is -0.493 e. The van der Waals surface area contributed by atoms with Crippen LogP contribution in [0.3, 0.4) is 0 Å². The molecule has 0 bridgehead atoms. The number of alkyl halides is 3. The van der Waals surface area contributed by atoms with Crippen LogP contribution >= 0.6 is 11.6 Å². The standard InChI is InChI=1S/C15H17ClF3NO3/c1-9(2)23-14-11(16)6-10(7-12(14)22-3)4-5-13(21)20-8-15(17,18)19/h4-7,9H,8H2,1-3H3,(H,20,21)/b5-4+. The summed E-state index contributed by atoms with van der Waals surface area (Å²) in [5.74, 6) is -0.135. The van der Waals surface area contributed by atoms with Crippen LogP contribution in [0, 0.1) is 0 Å². The molecule has 8 heteroatoms. The molecule has 0 saturated heterocycles. The topological polar surface area (TPSA) is 47.6 Å². The van der Waals surface area contributed by atoms with E-state index < -0.39 is 18.6 Å². The number of ether oxygens (including phenoxy) is 2. The molecule has 1 aromatic carbocycles. The van der Waals surface area contributed by atoms with Crippen LogP contribution in [0.4, 0.5) is 13.2 Å². The molecule has 0 fully saturated rings. The summed E-state index contributed by atoms with van der Waals surface area (Å²) in [6.45, 7) is 2.27. The van der Waals surface area contributed by atoms with E-state index in [4.69, 9.17) is 21.1 Å². The van der Waals surface area contributed by atoms with Crippen molar-refractivity contribution in [2.75, 3.05) is 13.7 Å². The summed E-state index contributed by atoms with van der Waals surface area (Å²) in [4.78, 5) is 11.3. The van der Waals surface area contributed by atoms with Crippen molar-refractivity contribution in [2.24, 2.45) is 0 Å². The van der Waals surface area contributed by atoms with Crippen molar-refractivity contribution in [3.63, 3.8) is 0 Å². The normalized spacial score (nSPS) is 11.8. The lowest BCUT2D eigenvalue weighted by Gasteiger charge is -2.15. The smallest absolute Gasteiger partial charge is 0.405 e. The maximum absolute atomic E-state index is 12.0. The molecule has 1 N–H and O–H groups in total. The van der Waals surface area contributed by atoms with Crippen LogP contribution in [0.2, 0.25) is 5.02 Å². The second kappa shape index (κ2) is 8.10. The largest absolute Gasteiger partial charge is 0.493 e. The molecule has 0 radical (unpaired) electrons. The molecule has 0 aliphatic heterocycles. The van der Waals surface area contributed by atoms with Crippen molar-refractivity contribution >= 4 is 23.6 Å². The van der Waals surface area contributed by atoms with Gasteiger partial charge in [0.15, 0.2) is 11.5 Å². The number of benzene rings is 1. The molecule has 0 heterocycles. The Morgan fingerprint density at radius 1 is 1.39 bits per heavy atom. The average Bonchev–Trinajstić information content (AvgIpc) is 2.44. The van der Waals surface area contributed by atoms with Crippen molar-refractivity contribution in [3.8, 4) is 11.5 Å². The Balaban J connectivity index is 2.87. The molecule has 1 aromatic rings. The van der Waals surface area contributed by atoms with Gasteiger partial charge in [-0.2, -0.15) is 13.2 Å². The highest BCUT2D eigenvalue weighted by Crippen LogP contribution is 2.37. The van der Waals surface area contributed by atoms with E-state index in [0.29, 0.717) is 17.1 Å². The average molecular weight is 352 g/mol. The first kappa shape index (κ1) is 19.2. The van der Waals surface area contributed by atoms with Crippen molar-refractivity contribution in [1.29, 1.82) is 0 Å². The molecule has 23 heavy (non-hydrogen) atoms. The van der Waals surface area contributed by atoms with Gasteiger partial charge in [-0.25, -0.2) is 0 Å². The van der Waals surface area contributed by atoms with Crippen molar-refractivity contribution in [2.45, 2.75) is 26.1 Å². The molecule has 0 aromatic heterocycles. The molecule has 128 valence electrons. The lowest BCUT2D eigenvalue weighted by atomic mass is 10.2. The number of nitrogens with one attached hydrogen (secondary N) is 1. The number of hydrogen-bond donors (Lipinski definition) is 1. The third-order valence-electron chi connectivity index (χ3n) is 2.50. The van der Waals surface area contributed by atoms with Gasteiger partial charge in [-0.1, -0.05) is 11.6 Å². The number of rotatable bonds is 6. The zero-order valence-corrected chi connectivity index (χ0v) is 13.6. The summed E-state index contributed by atoms with van der Waals surface area (Å²) in [5.41, 5.74) is 0.491. The first-order valence-electron chi connectivity index (χ1n) is 6.69. The lowest BCUT2D eigenvalue weighted by Crippen LogP contribution is -2.32. The van der Waals surface area contributed by atoms with Gasteiger partial charge in [-0.05, 0) is 37.6 Å². The molecule has 0 aliphatic rings. The number of hydrogen-bond acceptors (Lipinski definition) is 3. The third kappa shape index (κ3) is 6.81. The molecule has 0 saturated carbocycles. The molecule has 0 spiro atoms. The van der Waals surface area contributed by atoms with E-state index in [-0.39, 0.29) is 11.1 Å². The minimum absolute atomic E-state index is 0.115. The zero-order valence-electron chi connectivity index (χ0n) is 12.8. The van der Waals surface area contributed by atoms with E-state index >= 15 is 0 Å². The Kier molecular flexibility index (Phi) is 6.75. The minimum atomic E-state index is -4.45. The van der Waals surface area contributed by atoms with E-state index in [1.54, 1.807) is 11.4 Å². The number of carbonyl (C=O) groups is 1. The van der Waals surface area contributed by atoms with Crippen LogP contribution in [0.5, 0.6) is 11.5 Å². The molecule has 0 aliphatic carbocycles. The van der Waals surface area contributed by atoms with Crippen LogP contribution < -0.4 is 14.8 Å². The van der Waals surface area contributed by atoms with Gasteiger partial charge < -0.3 is 14.8 Å². The summed E-state index contributed by atoms with van der Waals surface area (Å²) >= 11 is 6.11. The lowest BCUT2D eigenvalue weighted by molar-refractivity contribution is -0.135. The molecule has 0 atom stereocenters. The number of amides is 1. The van der Waals surface area contributed by atoms with Gasteiger partial charge in [0.25, 0.3) is 0 Å². The van der Waals surface area contributed by atoms with E-state index in [2.05, 4.69) is 0 Å². The van der Waals surface area contributed by atoms with E-state index in [1.165, 1.54) is 19.3 Å². The predicted octanol–water partition coefficient (Wildman–Crippen LogP) is 3.83. The quantitative estimate of drug-likeness (QED) is 0.792. The zero-order chi connectivity index (χ0) is 17.6. The first-order chi connectivity index (χ1) is 10.6. The van der Waals surface area contributed by atoms with Gasteiger partial charge in [0.2, 0.25) is 5.91 Å². The summed E-state index contributed by atoms with van der Waals surface area (Å²) in [5, 5.41) is 2.01. The Bertz CT molecular complexity index is 586. The molecule has 1 amide bonds. The maximum atomic E-state index is 12.0. The van der Waals surface area contributed by atoms with Gasteiger partial charge in [-0.3, -0.25) is 4.79 Å². The SMILES string of the molecule is COc1cc(/C=C/C(=O)NCC(F)(F)F)cc(Cl)c1OC(C)C.